The number of rotatable bonds is 52. The molecular formula is C61H112O9. The summed E-state index contributed by atoms with van der Waals surface area (Å²) in [6.07, 6.45) is 56.2. The minimum absolute atomic E-state index is 0.0853. The van der Waals surface area contributed by atoms with Crippen molar-refractivity contribution in [1.29, 1.82) is 0 Å². The summed E-state index contributed by atoms with van der Waals surface area (Å²) in [5.74, 6) is -0.355. The Morgan fingerprint density at radius 1 is 0.457 bits per heavy atom. The predicted octanol–water partition coefficient (Wildman–Crippen LogP) is 15.9. The summed E-state index contributed by atoms with van der Waals surface area (Å²) >= 11 is 0. The molecule has 0 aliphatic carbocycles. The van der Waals surface area contributed by atoms with E-state index in [0.717, 1.165) is 70.6 Å². The molecule has 410 valence electrons. The fraction of sp³-hybridized carbons (Fsp3) is 0.852. The Hall–Kier alpha value is -1.85. The normalized spacial score (nSPS) is 19.2. The van der Waals surface area contributed by atoms with Gasteiger partial charge in [-0.1, -0.05) is 223 Å². The molecule has 1 aliphatic heterocycles. The number of hydrogen-bond donors (Lipinski definition) is 3. The van der Waals surface area contributed by atoms with Gasteiger partial charge in [-0.3, -0.25) is 4.79 Å². The third kappa shape index (κ3) is 41.6. The maximum Gasteiger partial charge on any atom is 0.305 e. The van der Waals surface area contributed by atoms with Crippen molar-refractivity contribution in [1.82, 2.24) is 0 Å². The van der Waals surface area contributed by atoms with Crippen molar-refractivity contribution in [2.24, 2.45) is 0 Å². The average Bonchev–Trinajstić information content (AvgIpc) is 3.36. The van der Waals surface area contributed by atoms with Crippen molar-refractivity contribution in [2.75, 3.05) is 33.0 Å². The molecule has 1 rings (SSSR count). The molecule has 0 bridgehead atoms. The molecule has 0 spiro atoms. The molecule has 70 heavy (non-hydrogen) atoms. The van der Waals surface area contributed by atoms with Crippen LogP contribution in [0.5, 0.6) is 0 Å². The van der Waals surface area contributed by atoms with Crippen LogP contribution in [0.25, 0.3) is 0 Å². The predicted molar refractivity (Wildman–Crippen MR) is 293 cm³/mol. The molecule has 1 aliphatic rings. The first-order chi connectivity index (χ1) is 34.4. The molecule has 1 saturated heterocycles. The first-order valence-electron chi connectivity index (χ1n) is 29.7. The molecule has 1 fully saturated rings. The summed E-state index contributed by atoms with van der Waals surface area (Å²) in [6, 6.07) is 0. The highest BCUT2D eigenvalue weighted by Crippen LogP contribution is 2.24. The second kappa shape index (κ2) is 52.0. The Morgan fingerprint density at radius 3 is 1.34 bits per heavy atom. The van der Waals surface area contributed by atoms with E-state index in [0.29, 0.717) is 26.2 Å². The van der Waals surface area contributed by atoms with E-state index in [2.05, 4.69) is 69.4 Å². The molecule has 9 heteroatoms. The number of hydrogen-bond acceptors (Lipinski definition) is 9. The lowest BCUT2D eigenvalue weighted by molar-refractivity contribution is -0.306. The van der Waals surface area contributed by atoms with Crippen molar-refractivity contribution in [3.8, 4) is 0 Å². The van der Waals surface area contributed by atoms with E-state index in [1.165, 1.54) is 167 Å². The smallest absolute Gasteiger partial charge is 0.305 e. The van der Waals surface area contributed by atoms with Gasteiger partial charge < -0.3 is 39.0 Å². The standard InChI is InChI=1S/C61H112O9/c1-4-7-10-13-16-19-22-25-27-29-32-35-38-41-44-47-50-66-52-55(67-51-48-45-42-39-36-33-30-28-26-23-20-17-14-11-8-5-2)53-69-61-60(65)59(64)58(63)56(70-61)54-68-57(62)49-46-43-40-37-34-31-24-21-18-15-12-9-6-3/h16-17,19-20,25-28,55-56,58-61,63-65H,4-15,18,21-24,29-54H2,1-3H3/b19-16-,20-17-,27-25-,28-26-/t55?,56-,58+,59+,60-,61-/m1/s1. The van der Waals surface area contributed by atoms with E-state index < -0.39 is 30.7 Å². The minimum atomic E-state index is -1.51. The van der Waals surface area contributed by atoms with Gasteiger partial charge in [-0.25, -0.2) is 0 Å². The maximum atomic E-state index is 12.6. The van der Waals surface area contributed by atoms with Gasteiger partial charge >= 0.3 is 5.97 Å². The highest BCUT2D eigenvalue weighted by molar-refractivity contribution is 5.69. The number of esters is 1. The lowest BCUT2D eigenvalue weighted by atomic mass is 9.99. The molecule has 1 heterocycles. The fourth-order valence-electron chi connectivity index (χ4n) is 8.82. The molecule has 0 amide bonds. The lowest BCUT2D eigenvalue weighted by Gasteiger charge is -2.40. The van der Waals surface area contributed by atoms with Crippen LogP contribution in [0.15, 0.2) is 48.6 Å². The van der Waals surface area contributed by atoms with E-state index in [1.807, 2.05) is 0 Å². The van der Waals surface area contributed by atoms with Gasteiger partial charge in [-0.2, -0.15) is 0 Å². The molecular weight excluding hydrogens is 877 g/mol. The summed E-state index contributed by atoms with van der Waals surface area (Å²) in [7, 11) is 0. The third-order valence-corrected chi connectivity index (χ3v) is 13.5. The molecule has 0 aromatic heterocycles. The zero-order valence-corrected chi connectivity index (χ0v) is 45.8. The first kappa shape index (κ1) is 66.2. The van der Waals surface area contributed by atoms with Gasteiger partial charge in [0.15, 0.2) is 6.29 Å². The molecule has 0 saturated carbocycles. The van der Waals surface area contributed by atoms with Gasteiger partial charge in [0.05, 0.1) is 13.2 Å². The molecule has 6 atom stereocenters. The zero-order chi connectivity index (χ0) is 50.6. The van der Waals surface area contributed by atoms with Gasteiger partial charge in [-0.05, 0) is 83.5 Å². The van der Waals surface area contributed by atoms with Crippen molar-refractivity contribution < 1.29 is 43.8 Å². The average molecular weight is 990 g/mol. The number of carbonyl (C=O) groups is 1. The lowest BCUT2D eigenvalue weighted by Crippen LogP contribution is -2.59. The first-order valence-corrected chi connectivity index (χ1v) is 29.7. The quantitative estimate of drug-likeness (QED) is 0.0310. The minimum Gasteiger partial charge on any atom is -0.463 e. The number of allylic oxidation sites excluding steroid dienone is 8. The third-order valence-electron chi connectivity index (χ3n) is 13.5. The molecule has 3 N–H and O–H groups in total. The Balaban J connectivity index is 2.44. The zero-order valence-electron chi connectivity index (χ0n) is 45.8. The summed E-state index contributed by atoms with van der Waals surface area (Å²) in [5.41, 5.74) is 0. The monoisotopic (exact) mass is 989 g/mol. The van der Waals surface area contributed by atoms with Gasteiger partial charge in [0.25, 0.3) is 0 Å². The number of unbranched alkanes of at least 4 members (excludes halogenated alkanes) is 30. The van der Waals surface area contributed by atoms with E-state index in [4.69, 9.17) is 23.7 Å². The van der Waals surface area contributed by atoms with Crippen LogP contribution in [0.1, 0.15) is 265 Å². The van der Waals surface area contributed by atoms with Crippen molar-refractivity contribution in [3.63, 3.8) is 0 Å². The van der Waals surface area contributed by atoms with Crippen LogP contribution in [0.3, 0.4) is 0 Å². The topological polar surface area (TPSA) is 124 Å². The van der Waals surface area contributed by atoms with Gasteiger partial charge in [0, 0.05) is 19.6 Å². The van der Waals surface area contributed by atoms with Crippen LogP contribution in [-0.2, 0) is 28.5 Å². The van der Waals surface area contributed by atoms with Gasteiger partial charge in [0.1, 0.15) is 37.1 Å². The van der Waals surface area contributed by atoms with Crippen molar-refractivity contribution >= 4 is 5.97 Å². The van der Waals surface area contributed by atoms with Crippen LogP contribution in [0.2, 0.25) is 0 Å². The Kier molecular flexibility index (Phi) is 49.2. The van der Waals surface area contributed by atoms with Gasteiger partial charge in [-0.15, -0.1) is 0 Å². The summed E-state index contributed by atoms with van der Waals surface area (Å²) in [6.45, 7) is 8.16. The summed E-state index contributed by atoms with van der Waals surface area (Å²) in [5, 5.41) is 32.3. The second-order valence-electron chi connectivity index (χ2n) is 20.3. The van der Waals surface area contributed by atoms with Crippen LogP contribution < -0.4 is 0 Å². The fourth-order valence-corrected chi connectivity index (χ4v) is 8.82. The van der Waals surface area contributed by atoms with E-state index in [9.17, 15) is 20.1 Å². The molecule has 0 aromatic carbocycles. The Bertz CT molecular complexity index is 1220. The van der Waals surface area contributed by atoms with Crippen LogP contribution in [-0.4, -0.2) is 91.1 Å². The maximum absolute atomic E-state index is 12.6. The van der Waals surface area contributed by atoms with Crippen molar-refractivity contribution in [3.05, 3.63) is 48.6 Å². The number of aliphatic hydroxyl groups is 3. The van der Waals surface area contributed by atoms with E-state index in [-0.39, 0.29) is 25.3 Å². The van der Waals surface area contributed by atoms with Crippen LogP contribution >= 0.6 is 0 Å². The highest BCUT2D eigenvalue weighted by Gasteiger charge is 2.45. The number of carbonyl (C=O) groups excluding carboxylic acids is 1. The second-order valence-corrected chi connectivity index (χ2v) is 20.3. The number of ether oxygens (including phenoxy) is 5. The Morgan fingerprint density at radius 2 is 0.857 bits per heavy atom. The SMILES string of the molecule is CCCCC/C=C\C/C=C\CCCCCCCCOCC(CO[C@@H]1O[C@H](COC(=O)CCCCCCCCCCCCCCC)[C@H](O)[C@H](O)[C@H]1O)OCCCCCCCC/C=C\C/C=C\CCCCC. The molecule has 1 unspecified atom stereocenters. The highest BCUT2D eigenvalue weighted by atomic mass is 16.7. The largest absolute Gasteiger partial charge is 0.463 e. The molecule has 0 radical (unpaired) electrons. The van der Waals surface area contributed by atoms with E-state index in [1.54, 1.807) is 0 Å². The van der Waals surface area contributed by atoms with Crippen LogP contribution in [0.4, 0.5) is 0 Å². The number of aliphatic hydroxyl groups excluding tert-OH is 3. The molecule has 9 nitrogen and oxygen atoms in total. The van der Waals surface area contributed by atoms with E-state index >= 15 is 0 Å². The molecule has 0 aromatic rings. The van der Waals surface area contributed by atoms with Crippen molar-refractivity contribution in [2.45, 2.75) is 302 Å². The summed E-state index contributed by atoms with van der Waals surface area (Å²) in [4.78, 5) is 12.6. The van der Waals surface area contributed by atoms with Crippen LogP contribution in [0, 0.1) is 0 Å². The summed E-state index contributed by atoms with van der Waals surface area (Å²) < 4.78 is 29.8. The Labute approximate surface area is 431 Å². The van der Waals surface area contributed by atoms with Gasteiger partial charge in [0.2, 0.25) is 0 Å².